The third-order valence-corrected chi connectivity index (χ3v) is 3.57. The van der Waals surface area contributed by atoms with Crippen molar-refractivity contribution in [2.45, 2.75) is 13.3 Å². The van der Waals surface area contributed by atoms with E-state index in [9.17, 15) is 4.79 Å². The summed E-state index contributed by atoms with van der Waals surface area (Å²) in [6.07, 6.45) is 1.70. The molecule has 3 N–H and O–H groups in total. The normalized spacial score (nSPS) is 10.7. The summed E-state index contributed by atoms with van der Waals surface area (Å²) < 4.78 is 10.7. The number of anilines is 1. The molecule has 0 spiro atoms. The molecule has 2 rings (SSSR count). The highest BCUT2D eigenvalue weighted by molar-refractivity contribution is 6.32. The maximum absolute atomic E-state index is 11.9. The number of nitrogen functional groups attached to an aromatic ring is 1. The summed E-state index contributed by atoms with van der Waals surface area (Å²) in [5.41, 5.74) is 10.3. The molecule has 1 amide bonds. The molecule has 0 heterocycles. The van der Waals surface area contributed by atoms with Gasteiger partial charge in [0.1, 0.15) is 0 Å². The minimum absolute atomic E-state index is 0.213. The molecule has 0 aromatic heterocycles. The van der Waals surface area contributed by atoms with Gasteiger partial charge in [0.15, 0.2) is 11.5 Å². The second-order valence-corrected chi connectivity index (χ2v) is 5.59. The number of nitrogens with zero attached hydrogens (tertiary/aromatic N) is 1. The van der Waals surface area contributed by atoms with Crippen LogP contribution in [0.3, 0.4) is 0 Å². The Kier molecular flexibility index (Phi) is 6.65. The molecule has 0 unspecified atom stereocenters. The number of methoxy groups -OCH3 is 1. The molecule has 0 atom stereocenters. The van der Waals surface area contributed by atoms with Crippen LogP contribution in [0.4, 0.5) is 5.69 Å². The second-order valence-electron chi connectivity index (χ2n) is 5.18. The zero-order valence-electron chi connectivity index (χ0n) is 14.1. The number of hydrogen-bond acceptors (Lipinski definition) is 5. The Balaban J connectivity index is 2.00. The highest BCUT2D eigenvalue weighted by atomic mass is 35.5. The van der Waals surface area contributed by atoms with Gasteiger partial charge >= 0.3 is 0 Å². The van der Waals surface area contributed by atoms with E-state index < -0.39 is 0 Å². The van der Waals surface area contributed by atoms with Crippen LogP contribution < -0.4 is 20.6 Å². The number of hydrazone groups is 1. The Bertz CT molecular complexity index is 761. The van der Waals surface area contributed by atoms with Crippen LogP contribution in [0.25, 0.3) is 0 Å². The van der Waals surface area contributed by atoms with E-state index in [1.807, 2.05) is 6.92 Å². The SMILES string of the molecule is CCOc1c(Cl)cc(/C=N\NC(=O)Cc2ccc(N)cc2)cc1OC. The van der Waals surface area contributed by atoms with Gasteiger partial charge in [-0.1, -0.05) is 23.7 Å². The van der Waals surface area contributed by atoms with Gasteiger partial charge in [-0.2, -0.15) is 5.10 Å². The fourth-order valence-corrected chi connectivity index (χ4v) is 2.41. The van der Waals surface area contributed by atoms with Crippen molar-refractivity contribution in [3.05, 3.63) is 52.5 Å². The predicted molar refractivity (Wildman–Crippen MR) is 99.5 cm³/mol. The van der Waals surface area contributed by atoms with Crippen LogP contribution in [-0.2, 0) is 11.2 Å². The van der Waals surface area contributed by atoms with Crippen LogP contribution in [0.1, 0.15) is 18.1 Å². The van der Waals surface area contributed by atoms with Crippen molar-refractivity contribution in [2.75, 3.05) is 19.5 Å². The monoisotopic (exact) mass is 361 g/mol. The lowest BCUT2D eigenvalue weighted by Gasteiger charge is -2.11. The lowest BCUT2D eigenvalue weighted by atomic mass is 10.1. The molecule has 0 saturated heterocycles. The number of hydrogen-bond donors (Lipinski definition) is 2. The maximum atomic E-state index is 11.9. The number of carbonyl (C=O) groups is 1. The molecule has 0 aliphatic carbocycles. The smallest absolute Gasteiger partial charge is 0.244 e. The third-order valence-electron chi connectivity index (χ3n) is 3.29. The molecule has 6 nitrogen and oxygen atoms in total. The molecule has 25 heavy (non-hydrogen) atoms. The van der Waals surface area contributed by atoms with Crippen molar-refractivity contribution in [1.29, 1.82) is 0 Å². The average molecular weight is 362 g/mol. The van der Waals surface area contributed by atoms with Crippen LogP contribution in [0.5, 0.6) is 11.5 Å². The Hall–Kier alpha value is -2.73. The molecule has 0 fully saturated rings. The van der Waals surface area contributed by atoms with Crippen LogP contribution in [-0.4, -0.2) is 25.8 Å². The largest absolute Gasteiger partial charge is 0.493 e. The number of halogens is 1. The molecular weight excluding hydrogens is 342 g/mol. The number of nitrogens with two attached hydrogens (primary N) is 1. The zero-order valence-corrected chi connectivity index (χ0v) is 14.8. The summed E-state index contributed by atoms with van der Waals surface area (Å²) in [4.78, 5) is 11.9. The van der Waals surface area contributed by atoms with E-state index >= 15 is 0 Å². The van der Waals surface area contributed by atoms with Gasteiger partial charge in [-0.05, 0) is 42.3 Å². The minimum Gasteiger partial charge on any atom is -0.493 e. The summed E-state index contributed by atoms with van der Waals surface area (Å²) >= 11 is 6.19. The molecule has 132 valence electrons. The number of carbonyl (C=O) groups excluding carboxylic acids is 1. The van der Waals surface area contributed by atoms with Crippen LogP contribution in [0.2, 0.25) is 5.02 Å². The molecular formula is C18H20ClN3O3. The Morgan fingerprint density at radius 1 is 1.32 bits per heavy atom. The summed E-state index contributed by atoms with van der Waals surface area (Å²) in [5.74, 6) is 0.755. The number of ether oxygens (including phenoxy) is 2. The van der Waals surface area contributed by atoms with Gasteiger partial charge < -0.3 is 15.2 Å². The lowest BCUT2D eigenvalue weighted by Crippen LogP contribution is -2.19. The quantitative estimate of drug-likeness (QED) is 0.451. The third kappa shape index (κ3) is 5.39. The van der Waals surface area contributed by atoms with Gasteiger partial charge in [0.25, 0.3) is 0 Å². The first-order chi connectivity index (χ1) is 12.0. The van der Waals surface area contributed by atoms with E-state index in [-0.39, 0.29) is 12.3 Å². The molecule has 0 bridgehead atoms. The van der Waals surface area contributed by atoms with E-state index in [1.54, 1.807) is 36.4 Å². The predicted octanol–water partition coefficient (Wildman–Crippen LogP) is 3.02. The lowest BCUT2D eigenvalue weighted by molar-refractivity contribution is -0.120. The topological polar surface area (TPSA) is 85.9 Å². The average Bonchev–Trinajstić information content (AvgIpc) is 2.59. The van der Waals surface area contributed by atoms with Crippen molar-refractivity contribution < 1.29 is 14.3 Å². The van der Waals surface area contributed by atoms with Crippen LogP contribution >= 0.6 is 11.6 Å². The zero-order chi connectivity index (χ0) is 18.2. The first-order valence-corrected chi connectivity index (χ1v) is 8.08. The molecule has 0 radical (unpaired) electrons. The molecule has 0 saturated carbocycles. The number of benzene rings is 2. The molecule has 2 aromatic rings. The Morgan fingerprint density at radius 2 is 2.04 bits per heavy atom. The van der Waals surface area contributed by atoms with Gasteiger partial charge in [-0.15, -0.1) is 0 Å². The van der Waals surface area contributed by atoms with Crippen LogP contribution in [0.15, 0.2) is 41.5 Å². The fourth-order valence-electron chi connectivity index (χ4n) is 2.14. The minimum atomic E-state index is -0.231. The van der Waals surface area contributed by atoms with Crippen molar-refractivity contribution in [1.82, 2.24) is 5.43 Å². The van der Waals surface area contributed by atoms with Gasteiger partial charge in [0, 0.05) is 5.69 Å². The summed E-state index contributed by atoms with van der Waals surface area (Å²) in [5, 5.41) is 4.36. The Morgan fingerprint density at radius 3 is 2.68 bits per heavy atom. The highest BCUT2D eigenvalue weighted by Gasteiger charge is 2.11. The van der Waals surface area contributed by atoms with E-state index in [1.165, 1.54) is 13.3 Å². The molecule has 2 aromatic carbocycles. The van der Waals surface area contributed by atoms with Gasteiger partial charge in [-0.3, -0.25) is 4.79 Å². The van der Waals surface area contributed by atoms with Crippen molar-refractivity contribution in [3.8, 4) is 11.5 Å². The number of amides is 1. The van der Waals surface area contributed by atoms with E-state index in [0.717, 1.165) is 5.56 Å². The number of nitrogens with one attached hydrogen (secondary N) is 1. The van der Waals surface area contributed by atoms with Gasteiger partial charge in [0.05, 0.1) is 31.4 Å². The Labute approximate surface area is 151 Å². The number of rotatable bonds is 7. The molecule has 7 heteroatoms. The maximum Gasteiger partial charge on any atom is 0.244 e. The first kappa shape index (κ1) is 18.6. The van der Waals surface area contributed by atoms with E-state index in [2.05, 4.69) is 10.5 Å². The second kappa shape index (κ2) is 8.94. The van der Waals surface area contributed by atoms with Crippen LogP contribution in [0, 0.1) is 0 Å². The summed E-state index contributed by atoms with van der Waals surface area (Å²) in [7, 11) is 1.53. The first-order valence-electron chi connectivity index (χ1n) is 7.70. The molecule has 0 aliphatic rings. The summed E-state index contributed by atoms with van der Waals surface area (Å²) in [6, 6.07) is 10.5. The van der Waals surface area contributed by atoms with E-state index in [0.29, 0.717) is 34.4 Å². The van der Waals surface area contributed by atoms with Gasteiger partial charge in [0.2, 0.25) is 5.91 Å². The van der Waals surface area contributed by atoms with E-state index in [4.69, 9.17) is 26.8 Å². The van der Waals surface area contributed by atoms with Crippen molar-refractivity contribution >= 4 is 29.4 Å². The van der Waals surface area contributed by atoms with Gasteiger partial charge in [-0.25, -0.2) is 5.43 Å². The standard InChI is InChI=1S/C18H20ClN3O3/c1-3-25-18-15(19)8-13(9-16(18)24-2)11-21-22-17(23)10-12-4-6-14(20)7-5-12/h4-9,11H,3,10,20H2,1-2H3,(H,22,23)/b21-11-. The van der Waals surface area contributed by atoms with Crippen molar-refractivity contribution in [2.24, 2.45) is 5.10 Å². The highest BCUT2D eigenvalue weighted by Crippen LogP contribution is 2.35. The fraction of sp³-hybridized carbons (Fsp3) is 0.222. The van der Waals surface area contributed by atoms with Crippen molar-refractivity contribution in [3.63, 3.8) is 0 Å². The summed E-state index contributed by atoms with van der Waals surface area (Å²) in [6.45, 7) is 2.34. The molecule has 0 aliphatic heterocycles.